The van der Waals surface area contributed by atoms with Gasteiger partial charge in [-0.3, -0.25) is 11.3 Å². The van der Waals surface area contributed by atoms with E-state index in [0.29, 0.717) is 6.42 Å². The summed E-state index contributed by atoms with van der Waals surface area (Å²) in [7, 11) is 0. The maximum absolute atomic E-state index is 13.6. The number of hydrogen-bond acceptors (Lipinski definition) is 2. The van der Waals surface area contributed by atoms with Crippen molar-refractivity contribution in [2.24, 2.45) is 5.84 Å². The first-order valence-electron chi connectivity index (χ1n) is 5.65. The largest absolute Gasteiger partial charge is 0.271 e. The molecule has 0 radical (unpaired) electrons. The molecule has 0 heterocycles. The summed E-state index contributed by atoms with van der Waals surface area (Å²) in [6.45, 7) is 0. The van der Waals surface area contributed by atoms with Crippen LogP contribution in [0.2, 0.25) is 0 Å². The number of rotatable bonds is 4. The zero-order valence-corrected chi connectivity index (χ0v) is 9.74. The lowest BCUT2D eigenvalue weighted by Gasteiger charge is -2.17. The second-order valence-electron chi connectivity index (χ2n) is 4.07. The second kappa shape index (κ2) is 5.71. The molecule has 1 unspecified atom stereocenters. The molecule has 0 bridgehead atoms. The van der Waals surface area contributed by atoms with E-state index in [4.69, 9.17) is 5.84 Å². The highest BCUT2D eigenvalue weighted by atomic mass is 19.1. The minimum atomic E-state index is -0.472. The Balaban J connectivity index is 2.26. The molecule has 2 aromatic rings. The van der Waals surface area contributed by atoms with Crippen LogP contribution in [0, 0.1) is 11.6 Å². The standard InChI is InChI=1S/C14H14F2N2/c15-11-6-7-13(16)12(9-11)14(18-17)8-10-4-2-1-3-5-10/h1-7,9,14,18H,8,17H2. The van der Waals surface area contributed by atoms with E-state index in [1.54, 1.807) is 0 Å². The monoisotopic (exact) mass is 248 g/mol. The van der Waals surface area contributed by atoms with Crippen LogP contribution < -0.4 is 11.3 Å². The molecule has 0 saturated heterocycles. The summed E-state index contributed by atoms with van der Waals surface area (Å²) in [4.78, 5) is 0. The topological polar surface area (TPSA) is 38.0 Å². The molecule has 1 atom stereocenters. The third-order valence-corrected chi connectivity index (χ3v) is 2.82. The summed E-state index contributed by atoms with van der Waals surface area (Å²) in [5.74, 6) is 4.50. The minimum absolute atomic E-state index is 0.237. The molecule has 0 saturated carbocycles. The molecule has 0 fully saturated rings. The molecule has 2 nitrogen and oxygen atoms in total. The number of benzene rings is 2. The molecule has 0 spiro atoms. The van der Waals surface area contributed by atoms with Gasteiger partial charge in [-0.1, -0.05) is 30.3 Å². The molecule has 2 aromatic carbocycles. The van der Waals surface area contributed by atoms with E-state index in [2.05, 4.69) is 5.43 Å². The van der Waals surface area contributed by atoms with Gasteiger partial charge in [0.1, 0.15) is 11.6 Å². The van der Waals surface area contributed by atoms with Crippen molar-refractivity contribution >= 4 is 0 Å². The predicted octanol–water partition coefficient (Wildman–Crippen LogP) is 2.71. The summed E-state index contributed by atoms with van der Waals surface area (Å²) < 4.78 is 26.8. The molecule has 0 aliphatic heterocycles. The van der Waals surface area contributed by atoms with Crippen LogP contribution in [0.15, 0.2) is 48.5 Å². The fourth-order valence-corrected chi connectivity index (χ4v) is 1.89. The van der Waals surface area contributed by atoms with Crippen LogP contribution in [0.1, 0.15) is 17.2 Å². The van der Waals surface area contributed by atoms with Crippen LogP contribution in [0.25, 0.3) is 0 Å². The van der Waals surface area contributed by atoms with Crippen LogP contribution in [-0.4, -0.2) is 0 Å². The lowest BCUT2D eigenvalue weighted by Crippen LogP contribution is -2.30. The Kier molecular flexibility index (Phi) is 4.02. The number of hydrogen-bond donors (Lipinski definition) is 2. The van der Waals surface area contributed by atoms with Crippen molar-refractivity contribution < 1.29 is 8.78 Å². The molecular weight excluding hydrogens is 234 g/mol. The summed E-state index contributed by atoms with van der Waals surface area (Å²) in [6, 6.07) is 12.4. The van der Waals surface area contributed by atoms with Crippen molar-refractivity contribution in [3.8, 4) is 0 Å². The van der Waals surface area contributed by atoms with Gasteiger partial charge in [-0.05, 0) is 30.2 Å². The fraction of sp³-hybridized carbons (Fsp3) is 0.143. The zero-order valence-electron chi connectivity index (χ0n) is 9.74. The van der Waals surface area contributed by atoms with Gasteiger partial charge in [0.2, 0.25) is 0 Å². The van der Waals surface area contributed by atoms with Crippen LogP contribution >= 0.6 is 0 Å². The molecule has 0 aliphatic carbocycles. The number of nitrogens with one attached hydrogen (secondary N) is 1. The van der Waals surface area contributed by atoms with E-state index < -0.39 is 17.7 Å². The highest BCUT2D eigenvalue weighted by Crippen LogP contribution is 2.21. The van der Waals surface area contributed by atoms with Gasteiger partial charge in [0.05, 0.1) is 6.04 Å². The normalized spacial score (nSPS) is 12.4. The third-order valence-electron chi connectivity index (χ3n) is 2.82. The first-order chi connectivity index (χ1) is 8.70. The molecule has 0 amide bonds. The van der Waals surface area contributed by atoms with Crippen molar-refractivity contribution in [3.63, 3.8) is 0 Å². The van der Waals surface area contributed by atoms with Crippen molar-refractivity contribution in [2.45, 2.75) is 12.5 Å². The van der Waals surface area contributed by atoms with Crippen LogP contribution in [-0.2, 0) is 6.42 Å². The molecule has 3 N–H and O–H groups in total. The molecule has 4 heteroatoms. The van der Waals surface area contributed by atoms with E-state index in [0.717, 1.165) is 17.7 Å². The average molecular weight is 248 g/mol. The summed E-state index contributed by atoms with van der Waals surface area (Å²) in [6.07, 6.45) is 0.498. The van der Waals surface area contributed by atoms with E-state index in [1.165, 1.54) is 6.07 Å². The number of halogens is 2. The van der Waals surface area contributed by atoms with E-state index in [9.17, 15) is 8.78 Å². The third kappa shape index (κ3) is 2.91. The van der Waals surface area contributed by atoms with Gasteiger partial charge in [-0.25, -0.2) is 8.78 Å². The van der Waals surface area contributed by atoms with Gasteiger partial charge < -0.3 is 0 Å². The Bertz CT molecular complexity index is 514. The first kappa shape index (κ1) is 12.7. The highest BCUT2D eigenvalue weighted by molar-refractivity contribution is 5.25. The Hall–Kier alpha value is -1.78. The molecular formula is C14H14F2N2. The van der Waals surface area contributed by atoms with Crippen molar-refractivity contribution in [2.75, 3.05) is 0 Å². The second-order valence-corrected chi connectivity index (χ2v) is 4.07. The molecule has 18 heavy (non-hydrogen) atoms. The maximum Gasteiger partial charge on any atom is 0.128 e. The molecule has 0 aromatic heterocycles. The molecule has 94 valence electrons. The molecule has 2 rings (SSSR count). The minimum Gasteiger partial charge on any atom is -0.271 e. The van der Waals surface area contributed by atoms with Crippen LogP contribution in [0.5, 0.6) is 0 Å². The van der Waals surface area contributed by atoms with E-state index in [1.807, 2.05) is 30.3 Å². The average Bonchev–Trinajstić information content (AvgIpc) is 2.40. The fourth-order valence-electron chi connectivity index (χ4n) is 1.89. The first-order valence-corrected chi connectivity index (χ1v) is 5.65. The Labute approximate surface area is 104 Å². The Morgan fingerprint density at radius 2 is 1.78 bits per heavy atom. The van der Waals surface area contributed by atoms with Crippen molar-refractivity contribution in [1.82, 2.24) is 5.43 Å². The van der Waals surface area contributed by atoms with Crippen LogP contribution in [0.3, 0.4) is 0 Å². The smallest absolute Gasteiger partial charge is 0.128 e. The summed E-state index contributed by atoms with van der Waals surface area (Å²) in [5, 5.41) is 0. The highest BCUT2D eigenvalue weighted by Gasteiger charge is 2.15. The molecule has 0 aliphatic rings. The van der Waals surface area contributed by atoms with Gasteiger partial charge in [0.25, 0.3) is 0 Å². The predicted molar refractivity (Wildman–Crippen MR) is 66.6 cm³/mol. The van der Waals surface area contributed by atoms with Gasteiger partial charge in [-0.15, -0.1) is 0 Å². The number of hydrazine groups is 1. The quantitative estimate of drug-likeness (QED) is 0.645. The Morgan fingerprint density at radius 3 is 2.44 bits per heavy atom. The van der Waals surface area contributed by atoms with E-state index in [-0.39, 0.29) is 5.56 Å². The van der Waals surface area contributed by atoms with Crippen molar-refractivity contribution in [3.05, 3.63) is 71.3 Å². The maximum atomic E-state index is 13.6. The van der Waals surface area contributed by atoms with Crippen LogP contribution in [0.4, 0.5) is 8.78 Å². The van der Waals surface area contributed by atoms with Gasteiger partial charge >= 0.3 is 0 Å². The number of nitrogens with two attached hydrogens (primary N) is 1. The van der Waals surface area contributed by atoms with Gasteiger partial charge in [0.15, 0.2) is 0 Å². The van der Waals surface area contributed by atoms with E-state index >= 15 is 0 Å². The zero-order chi connectivity index (χ0) is 13.0. The summed E-state index contributed by atoms with van der Waals surface area (Å²) in [5.41, 5.74) is 3.77. The SMILES string of the molecule is NNC(Cc1ccccc1)c1cc(F)ccc1F. The Morgan fingerprint density at radius 1 is 1.06 bits per heavy atom. The summed E-state index contributed by atoms with van der Waals surface area (Å²) >= 11 is 0. The van der Waals surface area contributed by atoms with Crippen molar-refractivity contribution in [1.29, 1.82) is 0 Å². The van der Waals surface area contributed by atoms with Gasteiger partial charge in [0, 0.05) is 5.56 Å². The van der Waals surface area contributed by atoms with Gasteiger partial charge in [-0.2, -0.15) is 0 Å². The lowest BCUT2D eigenvalue weighted by molar-refractivity contribution is 0.502. The lowest BCUT2D eigenvalue weighted by atomic mass is 9.99.